The number of aryl methyl sites for hydroxylation is 1. The predicted octanol–water partition coefficient (Wildman–Crippen LogP) is 3.79. The summed E-state index contributed by atoms with van der Waals surface area (Å²) in [5.41, 5.74) is 4.51. The third-order valence-electron chi connectivity index (χ3n) is 4.04. The number of anilines is 2. The Morgan fingerprint density at radius 1 is 1.19 bits per heavy atom. The molecule has 0 radical (unpaired) electrons. The van der Waals surface area contributed by atoms with Gasteiger partial charge in [0.15, 0.2) is 0 Å². The highest BCUT2D eigenvalue weighted by atomic mass is 16.1. The van der Waals surface area contributed by atoms with E-state index in [2.05, 4.69) is 35.8 Å². The summed E-state index contributed by atoms with van der Waals surface area (Å²) in [4.78, 5) is 12.3. The first-order valence-corrected chi connectivity index (χ1v) is 7.48. The molecule has 1 unspecified atom stereocenters. The monoisotopic (exact) mass is 280 g/mol. The minimum atomic E-state index is 0.0828. The van der Waals surface area contributed by atoms with Crippen molar-refractivity contribution in [3.63, 3.8) is 0 Å². The second-order valence-corrected chi connectivity index (χ2v) is 5.43. The van der Waals surface area contributed by atoms with Crippen molar-refractivity contribution >= 4 is 17.3 Å². The first-order chi connectivity index (χ1) is 10.3. The van der Waals surface area contributed by atoms with Gasteiger partial charge in [0.1, 0.15) is 0 Å². The first-order valence-electron chi connectivity index (χ1n) is 7.48. The number of hydrogen-bond acceptors (Lipinski definition) is 2. The van der Waals surface area contributed by atoms with Gasteiger partial charge in [-0.05, 0) is 29.7 Å². The Kier molecular flexibility index (Phi) is 3.91. The largest absolute Gasteiger partial charge is 0.384 e. The van der Waals surface area contributed by atoms with Crippen LogP contribution in [0.1, 0.15) is 30.4 Å². The third kappa shape index (κ3) is 2.92. The Bertz CT molecular complexity index is 651. The van der Waals surface area contributed by atoms with E-state index in [0.29, 0.717) is 6.42 Å². The molecular formula is C18H20N2O. The van der Waals surface area contributed by atoms with Crippen LogP contribution in [-0.4, -0.2) is 12.5 Å². The van der Waals surface area contributed by atoms with Gasteiger partial charge in [-0.1, -0.05) is 43.3 Å². The molecule has 21 heavy (non-hydrogen) atoms. The highest BCUT2D eigenvalue weighted by molar-refractivity contribution is 5.92. The molecule has 1 aliphatic heterocycles. The van der Waals surface area contributed by atoms with Crippen LogP contribution in [0, 0.1) is 0 Å². The smallest absolute Gasteiger partial charge is 0.225 e. The topological polar surface area (TPSA) is 41.1 Å². The summed E-state index contributed by atoms with van der Waals surface area (Å²) in [5.74, 6) is 0.342. The molecule has 3 rings (SSSR count). The average Bonchev–Trinajstić information content (AvgIpc) is 2.91. The zero-order valence-electron chi connectivity index (χ0n) is 12.2. The van der Waals surface area contributed by atoms with Gasteiger partial charge in [0.05, 0.1) is 0 Å². The van der Waals surface area contributed by atoms with Crippen molar-refractivity contribution in [1.82, 2.24) is 0 Å². The maximum atomic E-state index is 12.3. The first kappa shape index (κ1) is 13.7. The molecule has 0 saturated heterocycles. The lowest BCUT2D eigenvalue weighted by Gasteiger charge is -2.13. The van der Waals surface area contributed by atoms with Gasteiger partial charge in [0.25, 0.3) is 0 Å². The highest BCUT2D eigenvalue weighted by Gasteiger charge is 2.24. The zero-order chi connectivity index (χ0) is 14.7. The molecule has 1 amide bonds. The Balaban J connectivity index is 1.68. The van der Waals surface area contributed by atoms with Gasteiger partial charge in [-0.25, -0.2) is 0 Å². The molecule has 0 saturated carbocycles. The number of carbonyl (C=O) groups excluding carboxylic acids is 1. The van der Waals surface area contributed by atoms with Crippen LogP contribution in [0.3, 0.4) is 0 Å². The Hall–Kier alpha value is -2.29. The Morgan fingerprint density at radius 2 is 1.95 bits per heavy atom. The summed E-state index contributed by atoms with van der Waals surface area (Å²) >= 11 is 0. The fourth-order valence-corrected chi connectivity index (χ4v) is 2.91. The van der Waals surface area contributed by atoms with Crippen LogP contribution in [-0.2, 0) is 11.2 Å². The quantitative estimate of drug-likeness (QED) is 0.894. The number of nitrogens with one attached hydrogen (secondary N) is 2. The average molecular weight is 280 g/mol. The maximum Gasteiger partial charge on any atom is 0.225 e. The van der Waals surface area contributed by atoms with E-state index >= 15 is 0 Å². The molecule has 0 bridgehead atoms. The van der Waals surface area contributed by atoms with Gasteiger partial charge in [-0.3, -0.25) is 4.79 Å². The summed E-state index contributed by atoms with van der Waals surface area (Å²) in [7, 11) is 0. The molecular weight excluding hydrogens is 260 g/mol. The van der Waals surface area contributed by atoms with Crippen LogP contribution in [0.15, 0.2) is 48.5 Å². The number of amides is 1. The number of fused-ring (bicyclic) bond motifs is 1. The third-order valence-corrected chi connectivity index (χ3v) is 4.04. The van der Waals surface area contributed by atoms with Gasteiger partial charge in [0.2, 0.25) is 5.91 Å². The second-order valence-electron chi connectivity index (χ2n) is 5.43. The van der Waals surface area contributed by atoms with Crippen molar-refractivity contribution in [3.8, 4) is 0 Å². The van der Waals surface area contributed by atoms with Crippen molar-refractivity contribution in [2.75, 3.05) is 17.2 Å². The number of hydrogen-bond donors (Lipinski definition) is 2. The van der Waals surface area contributed by atoms with E-state index in [1.54, 1.807) is 0 Å². The van der Waals surface area contributed by atoms with Crippen LogP contribution < -0.4 is 10.6 Å². The molecule has 3 nitrogen and oxygen atoms in total. The van der Waals surface area contributed by atoms with Crippen molar-refractivity contribution < 1.29 is 4.79 Å². The van der Waals surface area contributed by atoms with Crippen LogP contribution in [0.25, 0.3) is 0 Å². The fourth-order valence-electron chi connectivity index (χ4n) is 2.91. The van der Waals surface area contributed by atoms with E-state index in [-0.39, 0.29) is 11.8 Å². The van der Waals surface area contributed by atoms with E-state index in [1.807, 2.05) is 30.3 Å². The van der Waals surface area contributed by atoms with Gasteiger partial charge >= 0.3 is 0 Å². The maximum absolute atomic E-state index is 12.3. The normalized spacial score (nSPS) is 16.1. The van der Waals surface area contributed by atoms with Gasteiger partial charge in [0, 0.05) is 30.3 Å². The van der Waals surface area contributed by atoms with E-state index < -0.39 is 0 Å². The van der Waals surface area contributed by atoms with Crippen molar-refractivity contribution in [2.45, 2.75) is 25.7 Å². The molecule has 1 heterocycles. The van der Waals surface area contributed by atoms with Crippen LogP contribution in [0.2, 0.25) is 0 Å². The molecule has 2 aromatic carbocycles. The van der Waals surface area contributed by atoms with Crippen molar-refractivity contribution in [1.29, 1.82) is 0 Å². The lowest BCUT2D eigenvalue weighted by Crippen LogP contribution is -2.17. The fraction of sp³-hybridized carbons (Fsp3) is 0.278. The summed E-state index contributed by atoms with van der Waals surface area (Å²) in [6.45, 7) is 2.93. The molecule has 0 aliphatic carbocycles. The Morgan fingerprint density at radius 3 is 2.81 bits per heavy atom. The van der Waals surface area contributed by atoms with Crippen molar-refractivity contribution in [2.24, 2.45) is 0 Å². The van der Waals surface area contributed by atoms with Crippen molar-refractivity contribution in [3.05, 3.63) is 59.7 Å². The number of carbonyl (C=O) groups is 1. The van der Waals surface area contributed by atoms with E-state index in [9.17, 15) is 4.79 Å². The molecule has 0 aromatic heterocycles. The summed E-state index contributed by atoms with van der Waals surface area (Å²) in [5, 5.41) is 6.41. The van der Waals surface area contributed by atoms with Gasteiger partial charge < -0.3 is 10.6 Å². The van der Waals surface area contributed by atoms with Crippen LogP contribution in [0.5, 0.6) is 0 Å². The molecule has 1 atom stereocenters. The molecule has 3 heteroatoms. The summed E-state index contributed by atoms with van der Waals surface area (Å²) in [6, 6.07) is 16.2. The number of rotatable bonds is 4. The van der Waals surface area contributed by atoms with Crippen LogP contribution in [0.4, 0.5) is 11.4 Å². The molecule has 108 valence electrons. The zero-order valence-corrected chi connectivity index (χ0v) is 12.2. The predicted molar refractivity (Wildman–Crippen MR) is 86.7 cm³/mol. The van der Waals surface area contributed by atoms with Gasteiger partial charge in [-0.2, -0.15) is 0 Å². The lowest BCUT2D eigenvalue weighted by molar-refractivity contribution is -0.116. The number of benzene rings is 2. The SMILES string of the molecule is CCc1ccccc1NC(=O)CC1CNc2ccccc21. The highest BCUT2D eigenvalue weighted by Crippen LogP contribution is 2.33. The molecule has 0 fully saturated rings. The van der Waals surface area contributed by atoms with E-state index in [1.165, 1.54) is 11.1 Å². The molecule has 2 N–H and O–H groups in total. The molecule has 1 aliphatic rings. The molecule has 0 spiro atoms. The van der Waals surface area contributed by atoms with E-state index in [4.69, 9.17) is 0 Å². The second kappa shape index (κ2) is 6.00. The summed E-state index contributed by atoms with van der Waals surface area (Å²) in [6.07, 6.45) is 1.44. The number of para-hydroxylation sites is 2. The lowest BCUT2D eigenvalue weighted by atomic mass is 9.97. The van der Waals surface area contributed by atoms with E-state index in [0.717, 1.165) is 24.3 Å². The van der Waals surface area contributed by atoms with Gasteiger partial charge in [-0.15, -0.1) is 0 Å². The van der Waals surface area contributed by atoms with Crippen LogP contribution >= 0.6 is 0 Å². The standard InChI is InChI=1S/C18H20N2O/c1-2-13-7-3-5-9-16(13)20-18(21)11-14-12-19-17-10-6-4-8-15(14)17/h3-10,14,19H,2,11-12H2,1H3,(H,20,21). The molecule has 2 aromatic rings. The summed E-state index contributed by atoms with van der Waals surface area (Å²) < 4.78 is 0. The minimum Gasteiger partial charge on any atom is -0.384 e. The Labute approximate surface area is 125 Å². The minimum absolute atomic E-state index is 0.0828.